The highest BCUT2D eigenvalue weighted by Gasteiger charge is 2.35. The Kier molecular flexibility index (Phi) is 3.87. The second-order valence-electron chi connectivity index (χ2n) is 5.00. The summed E-state index contributed by atoms with van der Waals surface area (Å²) in [5.41, 5.74) is 1.07. The molecule has 0 aliphatic carbocycles. The number of carbonyl (C=O) groups is 1. The Labute approximate surface area is 108 Å². The quantitative estimate of drug-likeness (QED) is 0.887. The van der Waals surface area contributed by atoms with E-state index >= 15 is 0 Å². The maximum atomic E-state index is 11.4. The normalized spacial score (nSPS) is 18.3. The van der Waals surface area contributed by atoms with Crippen molar-refractivity contribution in [3.63, 3.8) is 0 Å². The molecule has 2 rings (SSSR count). The van der Waals surface area contributed by atoms with E-state index in [1.165, 1.54) is 0 Å². The number of hydrogen-bond donors (Lipinski definition) is 1. The van der Waals surface area contributed by atoms with Crippen LogP contribution in [0.1, 0.15) is 20.3 Å². The lowest BCUT2D eigenvalue weighted by Crippen LogP contribution is -2.50. The Morgan fingerprint density at radius 1 is 1.22 bits per heavy atom. The third-order valence-corrected chi connectivity index (χ3v) is 3.33. The number of aliphatic carboxylic acids is 1. The van der Waals surface area contributed by atoms with Crippen LogP contribution < -0.4 is 5.01 Å². The van der Waals surface area contributed by atoms with Gasteiger partial charge in [0.1, 0.15) is 6.04 Å². The van der Waals surface area contributed by atoms with Crippen LogP contribution in [0.4, 0.5) is 5.69 Å². The first-order chi connectivity index (χ1) is 8.61. The Bertz CT molecular complexity index is 406. The fourth-order valence-electron chi connectivity index (χ4n) is 2.56. The van der Waals surface area contributed by atoms with Crippen molar-refractivity contribution in [1.82, 2.24) is 5.01 Å². The first-order valence-corrected chi connectivity index (χ1v) is 6.43. The van der Waals surface area contributed by atoms with Crippen LogP contribution in [0.15, 0.2) is 30.3 Å². The summed E-state index contributed by atoms with van der Waals surface area (Å²) in [6, 6.07) is 9.54. The van der Waals surface area contributed by atoms with Gasteiger partial charge >= 0.3 is 5.97 Å². The van der Waals surface area contributed by atoms with Gasteiger partial charge in [-0.3, -0.25) is 4.79 Å². The van der Waals surface area contributed by atoms with E-state index in [9.17, 15) is 9.90 Å². The molecule has 18 heavy (non-hydrogen) atoms. The summed E-state index contributed by atoms with van der Waals surface area (Å²) in [7, 11) is 0. The molecule has 0 unspecified atom stereocenters. The maximum absolute atomic E-state index is 11.4. The van der Waals surface area contributed by atoms with Gasteiger partial charge in [-0.15, -0.1) is 0 Å². The first kappa shape index (κ1) is 12.9. The first-order valence-electron chi connectivity index (χ1n) is 6.43. The number of benzene rings is 1. The number of carboxylic acids is 1. The average molecular weight is 248 g/mol. The standard InChI is InChI=1S/C14H20N2O2/c1-11(2)13(14(17)18)16-10-6-9-15(16)12-7-4-3-5-8-12/h3-5,7-8,11,13H,6,9-10H2,1-2H3,(H,17,18)/t13-/m0/s1. The highest BCUT2D eigenvalue weighted by atomic mass is 16.4. The number of anilines is 1. The summed E-state index contributed by atoms with van der Waals surface area (Å²) in [6.45, 7) is 5.62. The molecule has 98 valence electrons. The van der Waals surface area contributed by atoms with Gasteiger partial charge in [-0.1, -0.05) is 32.0 Å². The monoisotopic (exact) mass is 248 g/mol. The molecule has 4 heteroatoms. The molecule has 1 fully saturated rings. The smallest absolute Gasteiger partial charge is 0.323 e. The van der Waals surface area contributed by atoms with Gasteiger partial charge in [-0.05, 0) is 24.5 Å². The predicted octanol–water partition coefficient (Wildman–Crippen LogP) is 2.22. The molecule has 0 aromatic heterocycles. The third kappa shape index (κ3) is 2.48. The SMILES string of the molecule is CC(C)[C@@H](C(=O)O)N1CCCN1c1ccccc1. The van der Waals surface area contributed by atoms with Gasteiger partial charge in [0, 0.05) is 13.1 Å². The van der Waals surface area contributed by atoms with Crippen LogP contribution in [0.25, 0.3) is 0 Å². The number of para-hydroxylation sites is 1. The molecule has 4 nitrogen and oxygen atoms in total. The molecule has 1 aliphatic rings. The summed E-state index contributed by atoms with van der Waals surface area (Å²) < 4.78 is 0. The molecule has 1 aromatic rings. The van der Waals surface area contributed by atoms with Crippen molar-refractivity contribution in [2.45, 2.75) is 26.3 Å². The molecule has 1 aromatic carbocycles. The Morgan fingerprint density at radius 3 is 2.44 bits per heavy atom. The molecule has 0 bridgehead atoms. The molecule has 0 saturated carbocycles. The van der Waals surface area contributed by atoms with Gasteiger partial charge in [0.15, 0.2) is 0 Å². The highest BCUT2D eigenvalue weighted by Crippen LogP contribution is 2.25. The van der Waals surface area contributed by atoms with E-state index in [-0.39, 0.29) is 5.92 Å². The van der Waals surface area contributed by atoms with Gasteiger partial charge in [0.25, 0.3) is 0 Å². The topological polar surface area (TPSA) is 43.8 Å². The molecular weight excluding hydrogens is 228 g/mol. The van der Waals surface area contributed by atoms with E-state index in [4.69, 9.17) is 0 Å². The summed E-state index contributed by atoms with van der Waals surface area (Å²) in [5, 5.41) is 13.5. The second-order valence-corrected chi connectivity index (χ2v) is 5.00. The molecule has 1 N–H and O–H groups in total. The minimum Gasteiger partial charge on any atom is -0.480 e. The van der Waals surface area contributed by atoms with Crippen LogP contribution in [-0.2, 0) is 4.79 Å². The Hall–Kier alpha value is -1.55. The van der Waals surface area contributed by atoms with E-state index in [0.29, 0.717) is 0 Å². The van der Waals surface area contributed by atoms with Crippen molar-refractivity contribution in [3.8, 4) is 0 Å². The van der Waals surface area contributed by atoms with E-state index in [2.05, 4.69) is 5.01 Å². The zero-order valence-corrected chi connectivity index (χ0v) is 10.9. The van der Waals surface area contributed by atoms with Gasteiger partial charge in [-0.25, -0.2) is 5.01 Å². The lowest BCUT2D eigenvalue weighted by Gasteiger charge is -2.36. The number of nitrogens with zero attached hydrogens (tertiary/aromatic N) is 2. The van der Waals surface area contributed by atoms with Gasteiger partial charge in [-0.2, -0.15) is 0 Å². The summed E-state index contributed by atoms with van der Waals surface area (Å²) >= 11 is 0. The molecular formula is C14H20N2O2. The van der Waals surface area contributed by atoms with E-state index < -0.39 is 12.0 Å². The van der Waals surface area contributed by atoms with Crippen molar-refractivity contribution < 1.29 is 9.90 Å². The minimum absolute atomic E-state index is 0.0896. The van der Waals surface area contributed by atoms with Crippen molar-refractivity contribution in [2.24, 2.45) is 5.92 Å². The molecule has 1 saturated heterocycles. The van der Waals surface area contributed by atoms with E-state index in [1.54, 1.807) is 0 Å². The molecule has 0 amide bonds. The fraction of sp³-hybridized carbons (Fsp3) is 0.500. The minimum atomic E-state index is -0.743. The van der Waals surface area contributed by atoms with Crippen LogP contribution in [0, 0.1) is 5.92 Å². The molecule has 0 spiro atoms. The lowest BCUT2D eigenvalue weighted by molar-refractivity contribution is -0.144. The molecule has 1 heterocycles. The predicted molar refractivity (Wildman–Crippen MR) is 71.4 cm³/mol. The highest BCUT2D eigenvalue weighted by molar-refractivity contribution is 5.74. The van der Waals surface area contributed by atoms with Crippen molar-refractivity contribution in [3.05, 3.63) is 30.3 Å². The van der Waals surface area contributed by atoms with Gasteiger partial charge in [0.05, 0.1) is 5.69 Å². The largest absolute Gasteiger partial charge is 0.480 e. The second kappa shape index (κ2) is 5.40. The Morgan fingerprint density at radius 2 is 1.89 bits per heavy atom. The summed E-state index contributed by atoms with van der Waals surface area (Å²) in [5.74, 6) is -0.653. The lowest BCUT2D eigenvalue weighted by atomic mass is 10.0. The molecule has 0 radical (unpaired) electrons. The number of hydrazine groups is 1. The summed E-state index contributed by atoms with van der Waals surface area (Å²) in [6.07, 6.45) is 1.01. The fourth-order valence-corrected chi connectivity index (χ4v) is 2.56. The van der Waals surface area contributed by atoms with Crippen LogP contribution >= 0.6 is 0 Å². The zero-order chi connectivity index (χ0) is 13.1. The van der Waals surface area contributed by atoms with E-state index in [1.807, 2.05) is 49.2 Å². The zero-order valence-electron chi connectivity index (χ0n) is 10.9. The third-order valence-electron chi connectivity index (χ3n) is 3.33. The van der Waals surface area contributed by atoms with Crippen molar-refractivity contribution in [2.75, 3.05) is 18.1 Å². The Balaban J connectivity index is 2.24. The molecule has 1 atom stereocenters. The van der Waals surface area contributed by atoms with E-state index in [0.717, 1.165) is 25.2 Å². The van der Waals surface area contributed by atoms with Crippen LogP contribution in [-0.4, -0.2) is 35.2 Å². The maximum Gasteiger partial charge on any atom is 0.323 e. The molecule has 1 aliphatic heterocycles. The summed E-state index contributed by atoms with van der Waals surface area (Å²) in [4.78, 5) is 11.4. The van der Waals surface area contributed by atoms with Crippen LogP contribution in [0.3, 0.4) is 0 Å². The van der Waals surface area contributed by atoms with Crippen molar-refractivity contribution >= 4 is 11.7 Å². The number of hydrogen-bond acceptors (Lipinski definition) is 3. The number of carboxylic acid groups (broad SMARTS) is 1. The van der Waals surface area contributed by atoms with Crippen LogP contribution in [0.2, 0.25) is 0 Å². The van der Waals surface area contributed by atoms with Gasteiger partial charge < -0.3 is 10.1 Å². The van der Waals surface area contributed by atoms with Gasteiger partial charge in [0.2, 0.25) is 0 Å². The average Bonchev–Trinajstić information content (AvgIpc) is 2.78. The van der Waals surface area contributed by atoms with Crippen LogP contribution in [0.5, 0.6) is 0 Å². The van der Waals surface area contributed by atoms with Crippen molar-refractivity contribution in [1.29, 1.82) is 0 Å². The number of rotatable bonds is 4.